The number of carbonyl (C=O) groups excluding carboxylic acids is 1. The van der Waals surface area contributed by atoms with Crippen LogP contribution >= 0.6 is 0 Å². The molecule has 100 valence electrons. The maximum absolute atomic E-state index is 12.1. The van der Waals surface area contributed by atoms with Gasteiger partial charge in [0.15, 0.2) is 0 Å². The quantitative estimate of drug-likeness (QED) is 0.791. The fraction of sp³-hybridized carbons (Fsp3) is 0.125. The van der Waals surface area contributed by atoms with Crippen LogP contribution in [0.3, 0.4) is 0 Å². The fourth-order valence-electron chi connectivity index (χ4n) is 2.17. The van der Waals surface area contributed by atoms with Crippen LogP contribution in [0, 0.1) is 6.92 Å². The molecule has 2 aromatic heterocycles. The lowest BCUT2D eigenvalue weighted by Gasteiger charge is -2.04. The number of benzene rings is 1. The molecule has 0 bridgehead atoms. The monoisotopic (exact) mass is 266 g/mol. The predicted molar refractivity (Wildman–Crippen MR) is 77.5 cm³/mol. The highest BCUT2D eigenvalue weighted by molar-refractivity contribution is 5.95. The molecule has 0 aliphatic carbocycles. The molecule has 20 heavy (non-hydrogen) atoms. The summed E-state index contributed by atoms with van der Waals surface area (Å²) in [7, 11) is 0. The summed E-state index contributed by atoms with van der Waals surface area (Å²) in [5.74, 6) is -0.0675. The third-order valence-corrected chi connectivity index (χ3v) is 3.09. The topological polar surface area (TPSA) is 55.1 Å². The first-order valence-corrected chi connectivity index (χ1v) is 6.40. The second-order valence-electron chi connectivity index (χ2n) is 4.67. The Labute approximate surface area is 116 Å². The number of furan rings is 1. The number of anilines is 1. The molecule has 0 saturated heterocycles. The molecule has 4 nitrogen and oxygen atoms in total. The van der Waals surface area contributed by atoms with Gasteiger partial charge in [0.25, 0.3) is 0 Å². The minimum Gasteiger partial charge on any atom is -0.464 e. The van der Waals surface area contributed by atoms with Crippen molar-refractivity contribution in [2.45, 2.75) is 13.3 Å². The van der Waals surface area contributed by atoms with E-state index >= 15 is 0 Å². The summed E-state index contributed by atoms with van der Waals surface area (Å²) in [4.78, 5) is 16.2. The maximum Gasteiger partial charge on any atom is 0.228 e. The van der Waals surface area contributed by atoms with Gasteiger partial charge in [-0.3, -0.25) is 9.78 Å². The van der Waals surface area contributed by atoms with E-state index in [2.05, 4.69) is 10.3 Å². The summed E-state index contributed by atoms with van der Waals surface area (Å²) in [6.45, 7) is 1.89. The molecule has 0 atom stereocenters. The van der Waals surface area contributed by atoms with E-state index in [0.717, 1.165) is 27.9 Å². The molecule has 3 rings (SSSR count). The van der Waals surface area contributed by atoms with Crippen molar-refractivity contribution in [2.75, 3.05) is 5.32 Å². The minimum absolute atomic E-state index is 0.0675. The molecule has 0 fully saturated rings. The standard InChI is InChI=1S/C16H14N2O2/c1-11-8-13(6-7-17-11)18-16(19)9-12-10-20-15-5-3-2-4-14(12)15/h2-8,10H,9H2,1H3,(H,17,18,19). The lowest BCUT2D eigenvalue weighted by atomic mass is 10.1. The molecular weight excluding hydrogens is 252 g/mol. The van der Waals surface area contributed by atoms with Gasteiger partial charge in [0.05, 0.1) is 12.7 Å². The number of rotatable bonds is 3. The summed E-state index contributed by atoms with van der Waals surface area (Å²) < 4.78 is 5.43. The van der Waals surface area contributed by atoms with E-state index in [1.54, 1.807) is 18.5 Å². The number of carbonyl (C=O) groups is 1. The van der Waals surface area contributed by atoms with Gasteiger partial charge in [-0.15, -0.1) is 0 Å². The van der Waals surface area contributed by atoms with Gasteiger partial charge in [0.1, 0.15) is 5.58 Å². The van der Waals surface area contributed by atoms with Gasteiger partial charge in [-0.05, 0) is 25.1 Å². The molecule has 1 amide bonds. The van der Waals surface area contributed by atoms with Crippen LogP contribution in [0.4, 0.5) is 5.69 Å². The first kappa shape index (κ1) is 12.4. The molecule has 1 aromatic carbocycles. The predicted octanol–water partition coefficient (Wildman–Crippen LogP) is 3.32. The molecule has 0 aliphatic rings. The lowest BCUT2D eigenvalue weighted by molar-refractivity contribution is -0.115. The molecule has 0 saturated carbocycles. The third-order valence-electron chi connectivity index (χ3n) is 3.09. The first-order valence-electron chi connectivity index (χ1n) is 6.40. The van der Waals surface area contributed by atoms with Crippen molar-refractivity contribution in [3.8, 4) is 0 Å². The first-order chi connectivity index (χ1) is 9.72. The van der Waals surface area contributed by atoms with Crippen molar-refractivity contribution >= 4 is 22.6 Å². The summed E-state index contributed by atoms with van der Waals surface area (Å²) in [6, 6.07) is 11.3. The van der Waals surface area contributed by atoms with Crippen LogP contribution in [0.15, 0.2) is 53.3 Å². The van der Waals surface area contributed by atoms with Crippen LogP contribution in [0.25, 0.3) is 11.0 Å². The Kier molecular flexibility index (Phi) is 3.21. The zero-order valence-corrected chi connectivity index (χ0v) is 11.1. The molecule has 0 spiro atoms. The lowest BCUT2D eigenvalue weighted by Crippen LogP contribution is -2.14. The maximum atomic E-state index is 12.1. The highest BCUT2D eigenvalue weighted by Gasteiger charge is 2.10. The summed E-state index contributed by atoms with van der Waals surface area (Å²) in [5, 5.41) is 3.85. The smallest absolute Gasteiger partial charge is 0.228 e. The molecule has 0 aliphatic heterocycles. The molecule has 4 heteroatoms. The number of nitrogens with zero attached hydrogens (tertiary/aromatic N) is 1. The van der Waals surface area contributed by atoms with Crippen LogP contribution in [0.2, 0.25) is 0 Å². The Balaban J connectivity index is 1.76. The van der Waals surface area contributed by atoms with E-state index in [1.807, 2.05) is 37.3 Å². The molecule has 0 radical (unpaired) electrons. The van der Waals surface area contributed by atoms with Crippen LogP contribution in [0.1, 0.15) is 11.3 Å². The van der Waals surface area contributed by atoms with Crippen LogP contribution in [-0.4, -0.2) is 10.9 Å². The number of hydrogen-bond acceptors (Lipinski definition) is 3. The van der Waals surface area contributed by atoms with E-state index < -0.39 is 0 Å². The van der Waals surface area contributed by atoms with Crippen molar-refractivity contribution in [2.24, 2.45) is 0 Å². The minimum atomic E-state index is -0.0675. The van der Waals surface area contributed by atoms with E-state index in [-0.39, 0.29) is 5.91 Å². The Morgan fingerprint density at radius 2 is 2.15 bits per heavy atom. The van der Waals surface area contributed by atoms with Gasteiger partial charge in [-0.25, -0.2) is 0 Å². The zero-order valence-electron chi connectivity index (χ0n) is 11.1. The van der Waals surface area contributed by atoms with Crippen molar-refractivity contribution < 1.29 is 9.21 Å². The van der Waals surface area contributed by atoms with Gasteiger partial charge in [0, 0.05) is 28.5 Å². The van der Waals surface area contributed by atoms with Gasteiger partial charge in [0.2, 0.25) is 5.91 Å². The second kappa shape index (κ2) is 5.17. The fourth-order valence-corrected chi connectivity index (χ4v) is 2.17. The summed E-state index contributed by atoms with van der Waals surface area (Å²) in [5.41, 5.74) is 3.32. The SMILES string of the molecule is Cc1cc(NC(=O)Cc2coc3ccccc23)ccn1. The number of aromatic nitrogens is 1. The van der Waals surface area contributed by atoms with Gasteiger partial charge in [-0.2, -0.15) is 0 Å². The van der Waals surface area contributed by atoms with Crippen molar-refractivity contribution in [1.29, 1.82) is 0 Å². The highest BCUT2D eigenvalue weighted by atomic mass is 16.3. The largest absolute Gasteiger partial charge is 0.464 e. The van der Waals surface area contributed by atoms with E-state index in [9.17, 15) is 4.79 Å². The third kappa shape index (κ3) is 2.54. The molecule has 1 N–H and O–H groups in total. The zero-order chi connectivity index (χ0) is 13.9. The van der Waals surface area contributed by atoms with Gasteiger partial charge < -0.3 is 9.73 Å². The van der Waals surface area contributed by atoms with Gasteiger partial charge >= 0.3 is 0 Å². The van der Waals surface area contributed by atoms with Crippen LogP contribution in [0.5, 0.6) is 0 Å². The summed E-state index contributed by atoms with van der Waals surface area (Å²) in [6.07, 6.45) is 3.61. The average Bonchev–Trinajstić information content (AvgIpc) is 2.82. The van der Waals surface area contributed by atoms with E-state index in [0.29, 0.717) is 6.42 Å². The Morgan fingerprint density at radius 3 is 3.00 bits per heavy atom. The Bertz CT molecular complexity index is 762. The van der Waals surface area contributed by atoms with Crippen LogP contribution < -0.4 is 5.32 Å². The molecule has 2 heterocycles. The van der Waals surface area contributed by atoms with Crippen molar-refractivity contribution in [3.63, 3.8) is 0 Å². The Morgan fingerprint density at radius 1 is 1.30 bits per heavy atom. The average molecular weight is 266 g/mol. The molecular formula is C16H14N2O2. The number of para-hydroxylation sites is 1. The normalized spacial score (nSPS) is 10.7. The van der Waals surface area contributed by atoms with Crippen LogP contribution in [-0.2, 0) is 11.2 Å². The van der Waals surface area contributed by atoms with E-state index in [4.69, 9.17) is 4.42 Å². The number of nitrogens with one attached hydrogen (secondary N) is 1. The van der Waals surface area contributed by atoms with Crippen molar-refractivity contribution in [1.82, 2.24) is 4.98 Å². The number of amides is 1. The number of hydrogen-bond donors (Lipinski definition) is 1. The van der Waals surface area contributed by atoms with Crippen molar-refractivity contribution in [3.05, 3.63) is 60.1 Å². The molecule has 3 aromatic rings. The number of aryl methyl sites for hydroxylation is 1. The number of pyridine rings is 1. The Hall–Kier alpha value is -2.62. The number of fused-ring (bicyclic) bond motifs is 1. The second-order valence-corrected chi connectivity index (χ2v) is 4.67. The molecule has 0 unspecified atom stereocenters. The van der Waals surface area contributed by atoms with Gasteiger partial charge in [-0.1, -0.05) is 18.2 Å². The highest BCUT2D eigenvalue weighted by Crippen LogP contribution is 2.21. The summed E-state index contributed by atoms with van der Waals surface area (Å²) >= 11 is 0. The van der Waals surface area contributed by atoms with E-state index in [1.165, 1.54) is 0 Å².